The van der Waals surface area contributed by atoms with Crippen LogP contribution in [0.25, 0.3) is 0 Å². The van der Waals surface area contributed by atoms with Gasteiger partial charge < -0.3 is 19.7 Å². The molecular formula is C10H14O7. The standard InChI is InChI=1S/C10H14O7/c1-3-8(14)16-9(4-2)17-10(15)6(11)5-7(12)13/h3,6,9,11H,1,4-5H2,2H3,(H,12,13). The zero-order valence-corrected chi connectivity index (χ0v) is 9.29. The number of esters is 2. The summed E-state index contributed by atoms with van der Waals surface area (Å²) in [6.45, 7) is 4.74. The quantitative estimate of drug-likeness (QED) is 0.364. The maximum atomic E-state index is 11.2. The number of carbonyl (C=O) groups excluding carboxylic acids is 2. The van der Waals surface area contributed by atoms with Crippen LogP contribution in [0.5, 0.6) is 0 Å². The van der Waals surface area contributed by atoms with Gasteiger partial charge in [0, 0.05) is 12.5 Å². The van der Waals surface area contributed by atoms with Gasteiger partial charge in [0.2, 0.25) is 6.29 Å². The maximum absolute atomic E-state index is 11.2. The number of carbonyl (C=O) groups is 3. The van der Waals surface area contributed by atoms with E-state index in [2.05, 4.69) is 16.1 Å². The molecular weight excluding hydrogens is 232 g/mol. The summed E-state index contributed by atoms with van der Waals surface area (Å²) in [5.74, 6) is -3.28. The van der Waals surface area contributed by atoms with Crippen molar-refractivity contribution in [3.63, 3.8) is 0 Å². The van der Waals surface area contributed by atoms with Crippen molar-refractivity contribution in [2.24, 2.45) is 0 Å². The minimum atomic E-state index is -1.79. The van der Waals surface area contributed by atoms with Crippen molar-refractivity contribution < 1.29 is 34.1 Å². The van der Waals surface area contributed by atoms with E-state index >= 15 is 0 Å². The third kappa shape index (κ3) is 6.31. The first-order chi connectivity index (χ1) is 7.90. The first-order valence-corrected chi connectivity index (χ1v) is 4.84. The highest BCUT2D eigenvalue weighted by Gasteiger charge is 2.24. The SMILES string of the molecule is C=CC(=O)OC(CC)OC(=O)C(O)CC(=O)O. The number of aliphatic hydroxyl groups is 1. The molecule has 0 aliphatic heterocycles. The van der Waals surface area contributed by atoms with E-state index in [0.29, 0.717) is 0 Å². The van der Waals surface area contributed by atoms with E-state index in [4.69, 9.17) is 10.2 Å². The molecule has 0 aromatic heterocycles. The third-order valence-electron chi connectivity index (χ3n) is 1.64. The number of carboxylic acids is 1. The van der Waals surface area contributed by atoms with Gasteiger partial charge in [0.25, 0.3) is 0 Å². The van der Waals surface area contributed by atoms with E-state index in [1.54, 1.807) is 6.92 Å². The molecule has 2 atom stereocenters. The van der Waals surface area contributed by atoms with Gasteiger partial charge in [0.1, 0.15) is 0 Å². The van der Waals surface area contributed by atoms with Crippen LogP contribution in [0, 0.1) is 0 Å². The van der Waals surface area contributed by atoms with Crippen LogP contribution in [-0.4, -0.2) is 40.5 Å². The Balaban J connectivity index is 4.27. The normalized spacial score (nSPS) is 13.3. The number of hydrogen-bond donors (Lipinski definition) is 2. The van der Waals surface area contributed by atoms with Gasteiger partial charge in [0.05, 0.1) is 6.42 Å². The van der Waals surface area contributed by atoms with E-state index < -0.39 is 36.7 Å². The summed E-state index contributed by atoms with van der Waals surface area (Å²) in [4.78, 5) is 32.2. The number of rotatable bonds is 7. The Bertz CT molecular complexity index is 310. The summed E-state index contributed by atoms with van der Waals surface area (Å²) < 4.78 is 9.21. The highest BCUT2D eigenvalue weighted by molar-refractivity contribution is 5.82. The Morgan fingerprint density at radius 3 is 2.35 bits per heavy atom. The molecule has 0 amide bonds. The van der Waals surface area contributed by atoms with Crippen LogP contribution in [0.2, 0.25) is 0 Å². The molecule has 0 rings (SSSR count). The molecule has 7 nitrogen and oxygen atoms in total. The molecule has 96 valence electrons. The summed E-state index contributed by atoms with van der Waals surface area (Å²) in [5.41, 5.74) is 0. The van der Waals surface area contributed by atoms with Gasteiger partial charge >= 0.3 is 17.9 Å². The second-order valence-corrected chi connectivity index (χ2v) is 3.03. The van der Waals surface area contributed by atoms with Gasteiger partial charge in [-0.2, -0.15) is 0 Å². The highest BCUT2D eigenvalue weighted by Crippen LogP contribution is 2.05. The number of carboxylic acid groups (broad SMARTS) is 1. The highest BCUT2D eigenvalue weighted by atomic mass is 16.7. The molecule has 17 heavy (non-hydrogen) atoms. The Morgan fingerprint density at radius 2 is 1.94 bits per heavy atom. The average molecular weight is 246 g/mol. The summed E-state index contributed by atoms with van der Waals surface area (Å²) in [5, 5.41) is 17.4. The average Bonchev–Trinajstić information content (AvgIpc) is 2.26. The molecule has 0 heterocycles. The van der Waals surface area contributed by atoms with Gasteiger partial charge in [-0.15, -0.1) is 0 Å². The lowest BCUT2D eigenvalue weighted by atomic mass is 10.2. The topological polar surface area (TPSA) is 110 Å². The van der Waals surface area contributed by atoms with Gasteiger partial charge in [-0.1, -0.05) is 13.5 Å². The zero-order valence-electron chi connectivity index (χ0n) is 9.29. The zero-order chi connectivity index (χ0) is 13.4. The fourth-order valence-electron chi connectivity index (χ4n) is 0.825. The smallest absolute Gasteiger partial charge is 0.338 e. The van der Waals surface area contributed by atoms with Crippen molar-refractivity contribution in [1.29, 1.82) is 0 Å². The number of aliphatic hydroxyl groups excluding tert-OH is 1. The van der Waals surface area contributed by atoms with E-state index in [1.165, 1.54) is 0 Å². The van der Waals surface area contributed by atoms with Crippen molar-refractivity contribution in [1.82, 2.24) is 0 Å². The predicted molar refractivity (Wildman–Crippen MR) is 54.7 cm³/mol. The van der Waals surface area contributed by atoms with Crippen LogP contribution in [0.4, 0.5) is 0 Å². The molecule has 0 spiro atoms. The summed E-state index contributed by atoms with van der Waals surface area (Å²) >= 11 is 0. The molecule has 0 fully saturated rings. The predicted octanol–water partition coefficient (Wildman–Crippen LogP) is -0.169. The van der Waals surface area contributed by atoms with Crippen molar-refractivity contribution in [2.45, 2.75) is 32.2 Å². The summed E-state index contributed by atoms with van der Waals surface area (Å²) in [6.07, 6.45) is -2.67. The van der Waals surface area contributed by atoms with E-state index in [0.717, 1.165) is 6.08 Å². The molecule has 0 saturated heterocycles. The fourth-order valence-corrected chi connectivity index (χ4v) is 0.825. The van der Waals surface area contributed by atoms with Gasteiger partial charge in [-0.25, -0.2) is 9.59 Å². The second-order valence-electron chi connectivity index (χ2n) is 3.03. The lowest BCUT2D eigenvalue weighted by Crippen LogP contribution is -2.31. The van der Waals surface area contributed by atoms with Crippen molar-refractivity contribution in [3.8, 4) is 0 Å². The van der Waals surface area contributed by atoms with Gasteiger partial charge in [-0.3, -0.25) is 4.79 Å². The Hall–Kier alpha value is -1.89. The summed E-state index contributed by atoms with van der Waals surface area (Å²) in [6, 6.07) is 0. The Kier molecular flexibility index (Phi) is 6.57. The summed E-state index contributed by atoms with van der Waals surface area (Å²) in [7, 11) is 0. The number of hydrogen-bond acceptors (Lipinski definition) is 6. The monoisotopic (exact) mass is 246 g/mol. The van der Waals surface area contributed by atoms with Crippen molar-refractivity contribution in [2.75, 3.05) is 0 Å². The molecule has 0 radical (unpaired) electrons. The maximum Gasteiger partial charge on any atom is 0.338 e. The van der Waals surface area contributed by atoms with E-state index in [9.17, 15) is 14.4 Å². The van der Waals surface area contributed by atoms with Crippen LogP contribution >= 0.6 is 0 Å². The molecule has 0 aliphatic carbocycles. The molecule has 0 aliphatic rings. The Morgan fingerprint density at radius 1 is 1.35 bits per heavy atom. The third-order valence-corrected chi connectivity index (χ3v) is 1.64. The van der Waals surface area contributed by atoms with Crippen LogP contribution in [-0.2, 0) is 23.9 Å². The molecule has 2 N–H and O–H groups in total. The lowest BCUT2D eigenvalue weighted by molar-refractivity contribution is -0.192. The van der Waals surface area contributed by atoms with Gasteiger partial charge in [0.15, 0.2) is 6.10 Å². The van der Waals surface area contributed by atoms with Crippen LogP contribution in [0.1, 0.15) is 19.8 Å². The molecule has 0 bridgehead atoms. The lowest BCUT2D eigenvalue weighted by Gasteiger charge is -2.17. The van der Waals surface area contributed by atoms with Crippen LogP contribution in [0.15, 0.2) is 12.7 Å². The molecule has 0 aromatic carbocycles. The van der Waals surface area contributed by atoms with Crippen LogP contribution < -0.4 is 0 Å². The molecule has 0 aromatic rings. The molecule has 0 saturated carbocycles. The fraction of sp³-hybridized carbons (Fsp3) is 0.500. The number of aliphatic carboxylic acids is 1. The molecule has 7 heteroatoms. The van der Waals surface area contributed by atoms with Crippen molar-refractivity contribution in [3.05, 3.63) is 12.7 Å². The second kappa shape index (κ2) is 7.39. The van der Waals surface area contributed by atoms with Crippen LogP contribution in [0.3, 0.4) is 0 Å². The van der Waals surface area contributed by atoms with E-state index in [-0.39, 0.29) is 6.42 Å². The Labute approximate surface area is 97.6 Å². The minimum Gasteiger partial charge on any atom is -0.481 e. The van der Waals surface area contributed by atoms with Gasteiger partial charge in [-0.05, 0) is 0 Å². The van der Waals surface area contributed by atoms with E-state index in [1.807, 2.05) is 0 Å². The number of ether oxygens (including phenoxy) is 2. The van der Waals surface area contributed by atoms with Crippen molar-refractivity contribution >= 4 is 17.9 Å². The minimum absolute atomic E-state index is 0.172. The largest absolute Gasteiger partial charge is 0.481 e. The first-order valence-electron chi connectivity index (χ1n) is 4.84. The molecule has 2 unspecified atom stereocenters. The first kappa shape index (κ1) is 15.1.